The number of hydrogen-bond donors (Lipinski definition) is 1. The van der Waals surface area contributed by atoms with E-state index in [2.05, 4.69) is 9.83 Å². The van der Waals surface area contributed by atoms with Gasteiger partial charge in [0.25, 0.3) is 5.91 Å². The van der Waals surface area contributed by atoms with E-state index >= 15 is 0 Å². The number of carbonyl (C=O) groups excluding carboxylic acids is 1. The lowest BCUT2D eigenvalue weighted by atomic mass is 10.1. The van der Waals surface area contributed by atoms with E-state index in [1.165, 1.54) is 18.1 Å². The number of likely N-dealkylation sites (tertiary alicyclic amines) is 1. The lowest BCUT2D eigenvalue weighted by Crippen LogP contribution is -2.46. The highest BCUT2D eigenvalue weighted by atomic mass is 19.4. The van der Waals surface area contributed by atoms with Crippen molar-refractivity contribution in [1.82, 2.24) is 14.5 Å². The molecule has 1 amide bonds. The molecule has 2 N–H and O–H groups in total. The number of amides is 1. The Kier molecular flexibility index (Phi) is 6.69. The molecule has 2 heterocycles. The van der Waals surface area contributed by atoms with E-state index in [-0.39, 0.29) is 35.8 Å². The highest BCUT2D eigenvalue weighted by molar-refractivity contribution is 5.95. The Bertz CT molecular complexity index is 1360. The maximum Gasteiger partial charge on any atom is 0.434 e. The minimum Gasteiger partial charge on any atom is -0.494 e. The molecule has 0 unspecified atom stereocenters. The van der Waals surface area contributed by atoms with Gasteiger partial charge in [0.15, 0.2) is 23.0 Å². The minimum absolute atomic E-state index is 0.0455. The average Bonchev–Trinajstić information content (AvgIpc) is 3.25. The SMILES string of the molecule is [C-]#[N+]c1ccc(-c2nc(C(=O)N3CCC[C@H](N)C3)c(C(F)(F)F)n2-c2ccc(OC)c(F)c2)cc1F. The zero-order chi connectivity index (χ0) is 26.2. The molecule has 1 aliphatic rings. The quantitative estimate of drug-likeness (QED) is 0.402. The Balaban J connectivity index is 2.00. The number of ether oxygens (including phenoxy) is 1. The van der Waals surface area contributed by atoms with Crippen molar-refractivity contribution in [2.24, 2.45) is 5.73 Å². The third-order valence-electron chi connectivity index (χ3n) is 5.81. The van der Waals surface area contributed by atoms with Crippen LogP contribution in [0.3, 0.4) is 0 Å². The molecule has 1 aromatic heterocycles. The van der Waals surface area contributed by atoms with E-state index in [1.807, 2.05) is 0 Å². The fraction of sp³-hybridized carbons (Fsp3) is 0.292. The van der Waals surface area contributed by atoms with Crippen LogP contribution in [0.4, 0.5) is 27.6 Å². The van der Waals surface area contributed by atoms with E-state index in [1.54, 1.807) is 0 Å². The van der Waals surface area contributed by atoms with Crippen LogP contribution in [-0.4, -0.2) is 46.6 Å². The number of nitrogens with zero attached hydrogens (tertiary/aromatic N) is 4. The molecular formula is C24H20F5N5O2. The molecule has 0 radical (unpaired) electrons. The molecule has 3 aromatic rings. The van der Waals surface area contributed by atoms with Crippen LogP contribution >= 0.6 is 0 Å². The summed E-state index contributed by atoms with van der Waals surface area (Å²) in [6.45, 7) is 7.24. The first-order valence-corrected chi connectivity index (χ1v) is 10.8. The summed E-state index contributed by atoms with van der Waals surface area (Å²) in [6.07, 6.45) is -3.97. The van der Waals surface area contributed by atoms with Crippen molar-refractivity contribution in [2.75, 3.05) is 20.2 Å². The second-order valence-corrected chi connectivity index (χ2v) is 8.22. The molecule has 0 spiro atoms. The Morgan fingerprint density at radius 2 is 1.94 bits per heavy atom. The van der Waals surface area contributed by atoms with Crippen LogP contribution in [0.25, 0.3) is 21.9 Å². The Morgan fingerprint density at radius 3 is 2.53 bits per heavy atom. The Hall–Kier alpha value is -3.98. The summed E-state index contributed by atoms with van der Waals surface area (Å²) in [6, 6.07) is 5.83. The molecule has 4 rings (SSSR count). The number of halogens is 5. The monoisotopic (exact) mass is 505 g/mol. The first kappa shape index (κ1) is 25.1. The van der Waals surface area contributed by atoms with Crippen LogP contribution in [0.2, 0.25) is 0 Å². The Morgan fingerprint density at radius 1 is 1.19 bits per heavy atom. The van der Waals surface area contributed by atoms with Crippen molar-refractivity contribution in [3.8, 4) is 22.8 Å². The number of carbonyl (C=O) groups is 1. The molecule has 1 saturated heterocycles. The molecule has 0 bridgehead atoms. The van der Waals surface area contributed by atoms with Gasteiger partial charge in [0.2, 0.25) is 5.69 Å². The van der Waals surface area contributed by atoms with Crippen molar-refractivity contribution in [2.45, 2.75) is 25.1 Å². The van der Waals surface area contributed by atoms with Gasteiger partial charge in [-0.15, -0.1) is 0 Å². The molecule has 1 atom stereocenters. The normalized spacial score (nSPS) is 16.1. The van der Waals surface area contributed by atoms with Gasteiger partial charge >= 0.3 is 6.18 Å². The molecule has 7 nitrogen and oxygen atoms in total. The van der Waals surface area contributed by atoms with Crippen LogP contribution in [0.1, 0.15) is 29.0 Å². The van der Waals surface area contributed by atoms with Gasteiger partial charge in [-0.25, -0.2) is 18.6 Å². The number of nitrogens with two attached hydrogens (primary N) is 1. The first-order valence-electron chi connectivity index (χ1n) is 10.8. The first-order chi connectivity index (χ1) is 17.0. The number of alkyl halides is 3. The van der Waals surface area contributed by atoms with Gasteiger partial charge < -0.3 is 15.4 Å². The molecule has 0 aliphatic carbocycles. The summed E-state index contributed by atoms with van der Waals surface area (Å²) >= 11 is 0. The van der Waals surface area contributed by atoms with Gasteiger partial charge in [-0.2, -0.15) is 13.2 Å². The molecular weight excluding hydrogens is 485 g/mol. The van der Waals surface area contributed by atoms with E-state index in [0.29, 0.717) is 17.4 Å². The number of imidazole rings is 1. The third-order valence-corrected chi connectivity index (χ3v) is 5.81. The van der Waals surface area contributed by atoms with Crippen molar-refractivity contribution in [1.29, 1.82) is 0 Å². The van der Waals surface area contributed by atoms with Crippen molar-refractivity contribution < 1.29 is 31.5 Å². The lowest BCUT2D eigenvalue weighted by Gasteiger charge is -2.30. The fourth-order valence-electron chi connectivity index (χ4n) is 4.15. The number of rotatable bonds is 4. The highest BCUT2D eigenvalue weighted by Crippen LogP contribution is 2.39. The van der Waals surface area contributed by atoms with Gasteiger partial charge in [0, 0.05) is 30.8 Å². The van der Waals surface area contributed by atoms with E-state index in [0.717, 1.165) is 30.3 Å². The van der Waals surface area contributed by atoms with E-state index in [9.17, 15) is 26.7 Å². The largest absolute Gasteiger partial charge is 0.494 e. The standard InChI is InChI=1S/C24H20F5N5O2/c1-31-18-7-5-13(10-16(18)25)22-32-20(23(35)33-9-3-4-14(30)12-33)21(24(27,28)29)34(22)15-6-8-19(36-2)17(26)11-15/h5-8,10-11,14H,3-4,9,12,30H2,2H3/t14-/m0/s1. The summed E-state index contributed by atoms with van der Waals surface area (Å²) in [5.41, 5.74) is 2.75. The summed E-state index contributed by atoms with van der Waals surface area (Å²) in [7, 11) is 1.20. The van der Waals surface area contributed by atoms with Crippen LogP contribution in [0.15, 0.2) is 36.4 Å². The average molecular weight is 505 g/mol. The fourth-order valence-corrected chi connectivity index (χ4v) is 4.15. The zero-order valence-electron chi connectivity index (χ0n) is 18.9. The molecule has 2 aromatic carbocycles. The van der Waals surface area contributed by atoms with Crippen LogP contribution in [-0.2, 0) is 6.18 Å². The maximum absolute atomic E-state index is 14.5. The minimum atomic E-state index is -5.10. The third kappa shape index (κ3) is 4.61. The number of methoxy groups -OCH3 is 1. The van der Waals surface area contributed by atoms with Crippen LogP contribution in [0.5, 0.6) is 5.75 Å². The van der Waals surface area contributed by atoms with E-state index in [4.69, 9.17) is 17.0 Å². The summed E-state index contributed by atoms with van der Waals surface area (Å²) in [4.78, 5) is 21.5. The topological polar surface area (TPSA) is 77.7 Å². The lowest BCUT2D eigenvalue weighted by molar-refractivity contribution is -0.142. The van der Waals surface area contributed by atoms with Gasteiger partial charge in [-0.1, -0.05) is 12.1 Å². The molecule has 12 heteroatoms. The summed E-state index contributed by atoms with van der Waals surface area (Å²) in [5, 5.41) is 0. The summed E-state index contributed by atoms with van der Waals surface area (Å²) in [5.74, 6) is -3.59. The molecule has 188 valence electrons. The van der Waals surface area contributed by atoms with Gasteiger partial charge in [-0.3, -0.25) is 9.36 Å². The number of aromatic nitrogens is 2. The predicted octanol–water partition coefficient (Wildman–Crippen LogP) is 4.96. The zero-order valence-corrected chi connectivity index (χ0v) is 18.9. The second kappa shape index (κ2) is 9.58. The number of benzene rings is 2. The van der Waals surface area contributed by atoms with Crippen molar-refractivity contribution in [3.63, 3.8) is 0 Å². The van der Waals surface area contributed by atoms with Crippen molar-refractivity contribution in [3.05, 3.63) is 70.8 Å². The summed E-state index contributed by atoms with van der Waals surface area (Å²) < 4.78 is 77.8. The van der Waals surface area contributed by atoms with Gasteiger partial charge in [-0.05, 0) is 31.0 Å². The van der Waals surface area contributed by atoms with Gasteiger partial charge in [0.1, 0.15) is 11.6 Å². The van der Waals surface area contributed by atoms with E-state index < -0.39 is 47.0 Å². The highest BCUT2D eigenvalue weighted by Gasteiger charge is 2.44. The van der Waals surface area contributed by atoms with Crippen molar-refractivity contribution >= 4 is 11.6 Å². The maximum atomic E-state index is 14.5. The predicted molar refractivity (Wildman–Crippen MR) is 120 cm³/mol. The van der Waals surface area contributed by atoms with Gasteiger partial charge in [0.05, 0.1) is 19.4 Å². The molecule has 36 heavy (non-hydrogen) atoms. The molecule has 0 saturated carbocycles. The van der Waals surface area contributed by atoms with Crippen LogP contribution < -0.4 is 10.5 Å². The molecule has 1 aliphatic heterocycles. The second-order valence-electron chi connectivity index (χ2n) is 8.22. The molecule has 1 fully saturated rings. The number of piperidine rings is 1. The smallest absolute Gasteiger partial charge is 0.434 e. The van der Waals surface area contributed by atoms with Crippen LogP contribution in [0, 0.1) is 18.2 Å². The Labute approximate surface area is 202 Å². The number of hydrogen-bond acceptors (Lipinski definition) is 4.